The summed E-state index contributed by atoms with van der Waals surface area (Å²) in [6.45, 7) is 9.48. The zero-order chi connectivity index (χ0) is 8.97. The maximum atomic E-state index is 3.31. The normalized spacial score (nSPS) is 21.0. The molecule has 0 aromatic rings. The molecule has 2 heteroatoms. The molecule has 1 nitrogen and oxygen atoms in total. The second-order valence-corrected chi connectivity index (χ2v) is 5.62. The van der Waals surface area contributed by atoms with Gasteiger partial charge in [0, 0.05) is 5.25 Å². The van der Waals surface area contributed by atoms with Gasteiger partial charge in [-0.1, -0.05) is 20.8 Å². The van der Waals surface area contributed by atoms with Gasteiger partial charge in [-0.25, -0.2) is 0 Å². The number of hydrogen-bond acceptors (Lipinski definition) is 2. The third-order valence-electron chi connectivity index (χ3n) is 2.71. The molecule has 12 heavy (non-hydrogen) atoms. The van der Waals surface area contributed by atoms with Crippen LogP contribution in [0.3, 0.4) is 0 Å². The molecule has 0 amide bonds. The molecule has 1 N–H and O–H groups in total. The van der Waals surface area contributed by atoms with Crippen molar-refractivity contribution in [2.75, 3.05) is 18.8 Å². The number of hydrogen-bond donors (Lipinski definition) is 1. The van der Waals surface area contributed by atoms with Gasteiger partial charge in [0.05, 0.1) is 0 Å². The fourth-order valence-corrected chi connectivity index (χ4v) is 2.39. The topological polar surface area (TPSA) is 12.0 Å². The Hall–Kier alpha value is 0.310. The van der Waals surface area contributed by atoms with Crippen LogP contribution in [0.15, 0.2) is 0 Å². The van der Waals surface area contributed by atoms with E-state index in [4.69, 9.17) is 0 Å². The Balaban J connectivity index is 1.93. The standard InChI is InChI=1S/C10H21NS/c1-8(2)9(3)12-5-4-10-6-11-7-10/h8-11H,4-7H2,1-3H3. The summed E-state index contributed by atoms with van der Waals surface area (Å²) in [6, 6.07) is 0. The molecule has 1 fully saturated rings. The van der Waals surface area contributed by atoms with Gasteiger partial charge in [-0.2, -0.15) is 11.8 Å². The predicted molar refractivity (Wildman–Crippen MR) is 57.7 cm³/mol. The Bertz CT molecular complexity index is 121. The molecule has 1 unspecified atom stereocenters. The molecule has 0 aromatic heterocycles. The first-order valence-electron chi connectivity index (χ1n) is 5.02. The average molecular weight is 187 g/mol. The van der Waals surface area contributed by atoms with E-state index in [-0.39, 0.29) is 0 Å². The Morgan fingerprint density at radius 2 is 2.00 bits per heavy atom. The summed E-state index contributed by atoms with van der Waals surface area (Å²) >= 11 is 2.13. The largest absolute Gasteiger partial charge is 0.316 e. The molecular formula is C10H21NS. The maximum absolute atomic E-state index is 3.31. The van der Waals surface area contributed by atoms with Crippen LogP contribution in [-0.4, -0.2) is 24.1 Å². The van der Waals surface area contributed by atoms with Crippen molar-refractivity contribution in [3.63, 3.8) is 0 Å². The van der Waals surface area contributed by atoms with Crippen LogP contribution >= 0.6 is 11.8 Å². The SMILES string of the molecule is CC(C)C(C)SCCC1CNC1. The summed E-state index contributed by atoms with van der Waals surface area (Å²) in [5.41, 5.74) is 0. The monoisotopic (exact) mass is 187 g/mol. The Morgan fingerprint density at radius 3 is 2.42 bits per heavy atom. The first-order chi connectivity index (χ1) is 5.70. The lowest BCUT2D eigenvalue weighted by molar-refractivity contribution is 0.341. The van der Waals surface area contributed by atoms with Gasteiger partial charge in [0.2, 0.25) is 0 Å². The Morgan fingerprint density at radius 1 is 1.33 bits per heavy atom. The molecule has 1 saturated heterocycles. The highest BCUT2D eigenvalue weighted by molar-refractivity contribution is 7.99. The summed E-state index contributed by atoms with van der Waals surface area (Å²) in [5, 5.41) is 4.14. The van der Waals surface area contributed by atoms with Crippen LogP contribution in [0.5, 0.6) is 0 Å². The van der Waals surface area contributed by atoms with E-state index in [1.807, 2.05) is 0 Å². The average Bonchev–Trinajstić information content (AvgIpc) is 1.93. The highest BCUT2D eigenvalue weighted by Gasteiger charge is 2.16. The molecule has 0 bridgehead atoms. The van der Waals surface area contributed by atoms with Crippen molar-refractivity contribution < 1.29 is 0 Å². The van der Waals surface area contributed by atoms with Crippen molar-refractivity contribution in [2.45, 2.75) is 32.4 Å². The third kappa shape index (κ3) is 3.36. The van der Waals surface area contributed by atoms with E-state index in [1.54, 1.807) is 0 Å². The predicted octanol–water partition coefficient (Wildman–Crippen LogP) is 2.37. The number of rotatable bonds is 5. The van der Waals surface area contributed by atoms with E-state index in [1.165, 1.54) is 25.3 Å². The van der Waals surface area contributed by atoms with E-state index in [0.29, 0.717) is 0 Å². The first-order valence-corrected chi connectivity index (χ1v) is 6.07. The summed E-state index contributed by atoms with van der Waals surface area (Å²) < 4.78 is 0. The van der Waals surface area contributed by atoms with E-state index in [0.717, 1.165) is 17.1 Å². The molecule has 0 radical (unpaired) electrons. The molecular weight excluding hydrogens is 166 g/mol. The molecule has 1 rings (SSSR count). The summed E-state index contributed by atoms with van der Waals surface area (Å²) in [6.07, 6.45) is 1.41. The van der Waals surface area contributed by atoms with Crippen LogP contribution in [0.1, 0.15) is 27.2 Å². The van der Waals surface area contributed by atoms with Crippen LogP contribution < -0.4 is 5.32 Å². The maximum Gasteiger partial charge on any atom is 0.00417 e. The first kappa shape index (κ1) is 10.4. The second kappa shape index (κ2) is 5.13. The molecule has 1 heterocycles. The van der Waals surface area contributed by atoms with Gasteiger partial charge in [-0.3, -0.25) is 0 Å². The molecule has 0 aromatic carbocycles. The smallest absolute Gasteiger partial charge is 0.00417 e. The fraction of sp³-hybridized carbons (Fsp3) is 1.00. The van der Waals surface area contributed by atoms with Gasteiger partial charge < -0.3 is 5.32 Å². The third-order valence-corrected chi connectivity index (χ3v) is 4.25. The van der Waals surface area contributed by atoms with Crippen molar-refractivity contribution in [1.29, 1.82) is 0 Å². The zero-order valence-corrected chi connectivity index (χ0v) is 9.29. The molecule has 72 valence electrons. The molecule has 0 spiro atoms. The quantitative estimate of drug-likeness (QED) is 0.709. The van der Waals surface area contributed by atoms with E-state index >= 15 is 0 Å². The second-order valence-electron chi connectivity index (χ2n) is 4.13. The summed E-state index contributed by atoms with van der Waals surface area (Å²) in [7, 11) is 0. The van der Waals surface area contributed by atoms with Crippen molar-refractivity contribution in [3.8, 4) is 0 Å². The van der Waals surface area contributed by atoms with Gasteiger partial charge in [0.25, 0.3) is 0 Å². The lowest BCUT2D eigenvalue weighted by Crippen LogP contribution is -2.42. The van der Waals surface area contributed by atoms with Gasteiger partial charge in [-0.15, -0.1) is 0 Å². The number of nitrogens with one attached hydrogen (secondary N) is 1. The minimum Gasteiger partial charge on any atom is -0.316 e. The van der Waals surface area contributed by atoms with Crippen molar-refractivity contribution in [3.05, 3.63) is 0 Å². The van der Waals surface area contributed by atoms with Crippen LogP contribution in [0.2, 0.25) is 0 Å². The highest BCUT2D eigenvalue weighted by Crippen LogP contribution is 2.21. The van der Waals surface area contributed by atoms with E-state index < -0.39 is 0 Å². The van der Waals surface area contributed by atoms with Crippen LogP contribution in [0, 0.1) is 11.8 Å². The Labute approximate surface area is 80.7 Å². The Kier molecular flexibility index (Phi) is 4.44. The van der Waals surface area contributed by atoms with Gasteiger partial charge >= 0.3 is 0 Å². The fourth-order valence-electron chi connectivity index (χ4n) is 1.17. The van der Waals surface area contributed by atoms with Crippen LogP contribution in [-0.2, 0) is 0 Å². The molecule has 1 atom stereocenters. The summed E-state index contributed by atoms with van der Waals surface area (Å²) in [4.78, 5) is 0. The van der Waals surface area contributed by atoms with Crippen LogP contribution in [0.25, 0.3) is 0 Å². The lowest BCUT2D eigenvalue weighted by Gasteiger charge is -2.27. The lowest BCUT2D eigenvalue weighted by atomic mass is 10.0. The highest BCUT2D eigenvalue weighted by atomic mass is 32.2. The van der Waals surface area contributed by atoms with Gasteiger partial charge in [-0.05, 0) is 37.1 Å². The zero-order valence-electron chi connectivity index (χ0n) is 8.47. The van der Waals surface area contributed by atoms with Gasteiger partial charge in [0.15, 0.2) is 0 Å². The van der Waals surface area contributed by atoms with E-state index in [9.17, 15) is 0 Å². The molecule has 0 saturated carbocycles. The van der Waals surface area contributed by atoms with E-state index in [2.05, 4.69) is 37.8 Å². The molecule has 0 aliphatic carbocycles. The summed E-state index contributed by atoms with van der Waals surface area (Å²) in [5.74, 6) is 3.16. The van der Waals surface area contributed by atoms with Crippen LogP contribution in [0.4, 0.5) is 0 Å². The van der Waals surface area contributed by atoms with Crippen molar-refractivity contribution >= 4 is 11.8 Å². The van der Waals surface area contributed by atoms with Crippen molar-refractivity contribution in [2.24, 2.45) is 11.8 Å². The molecule has 1 aliphatic heterocycles. The van der Waals surface area contributed by atoms with Crippen molar-refractivity contribution in [1.82, 2.24) is 5.32 Å². The molecule has 1 aliphatic rings. The number of thioether (sulfide) groups is 1. The minimum absolute atomic E-state index is 0.828. The minimum atomic E-state index is 0.828. The van der Waals surface area contributed by atoms with Gasteiger partial charge in [0.1, 0.15) is 0 Å².